The maximum Gasteiger partial charge on any atom is 0.271 e. The molecule has 0 spiro atoms. The summed E-state index contributed by atoms with van der Waals surface area (Å²) < 4.78 is 28.1. The lowest BCUT2D eigenvalue weighted by Crippen LogP contribution is -2.43. The maximum absolute atomic E-state index is 13.8. The summed E-state index contributed by atoms with van der Waals surface area (Å²) in [6, 6.07) is 27.3. The van der Waals surface area contributed by atoms with E-state index in [2.05, 4.69) is 0 Å². The molecule has 0 bridgehead atoms. The molecule has 9 nitrogen and oxygen atoms in total. The van der Waals surface area contributed by atoms with Gasteiger partial charge in [-0.2, -0.15) is 10.4 Å². The van der Waals surface area contributed by atoms with Gasteiger partial charge in [0.2, 0.25) is 10.0 Å². The summed E-state index contributed by atoms with van der Waals surface area (Å²) in [6.07, 6.45) is 3.85. The monoisotopic (exact) mass is 591 g/mol. The molecule has 0 saturated heterocycles. The van der Waals surface area contributed by atoms with Crippen LogP contribution >= 0.6 is 0 Å². The van der Waals surface area contributed by atoms with Crippen LogP contribution in [0.25, 0.3) is 23.0 Å². The highest BCUT2D eigenvalue weighted by Gasteiger charge is 2.35. The Hall–Kier alpha value is -5.11. The molecular weight excluding hydrogens is 562 g/mol. The molecule has 3 aromatic carbocycles. The number of carbonyl (C=O) groups excluding carboxylic acids is 2. The van der Waals surface area contributed by atoms with E-state index in [-0.39, 0.29) is 22.6 Å². The van der Waals surface area contributed by atoms with Crippen LogP contribution in [0.2, 0.25) is 0 Å². The van der Waals surface area contributed by atoms with Crippen molar-refractivity contribution in [3.8, 4) is 23.0 Å². The molecule has 2 heterocycles. The molecule has 5 rings (SSSR count). The summed E-state index contributed by atoms with van der Waals surface area (Å²) in [5.41, 5.74) is 3.84. The average molecular weight is 592 g/mol. The van der Waals surface area contributed by atoms with Crippen molar-refractivity contribution in [2.75, 3.05) is 20.6 Å². The van der Waals surface area contributed by atoms with Crippen LogP contribution in [0.5, 0.6) is 0 Å². The topological polar surface area (TPSA) is 116 Å². The number of rotatable bonds is 8. The van der Waals surface area contributed by atoms with Gasteiger partial charge in [0.25, 0.3) is 11.8 Å². The number of nitrogens with zero attached hydrogens (tertiary/aromatic N) is 5. The van der Waals surface area contributed by atoms with Crippen molar-refractivity contribution in [3.05, 3.63) is 119 Å². The Morgan fingerprint density at radius 3 is 2.14 bits per heavy atom. The largest absolute Gasteiger partial charge is 0.273 e. The Labute approximate surface area is 250 Å². The lowest BCUT2D eigenvalue weighted by Gasteiger charge is -2.27. The number of amides is 2. The van der Waals surface area contributed by atoms with Gasteiger partial charge in [0.15, 0.2) is 0 Å². The highest BCUT2D eigenvalue weighted by atomic mass is 32.2. The summed E-state index contributed by atoms with van der Waals surface area (Å²) in [5.74, 6) is -1.11. The fourth-order valence-corrected chi connectivity index (χ4v) is 5.70. The number of hydrogen-bond donors (Lipinski definition) is 0. The molecule has 0 aliphatic carbocycles. The van der Waals surface area contributed by atoms with Gasteiger partial charge in [-0.25, -0.2) is 17.4 Å². The molecule has 1 aromatic heterocycles. The van der Waals surface area contributed by atoms with E-state index < -0.39 is 21.8 Å². The standard InChI is InChI=1S/C33H29N5O4S/c1-23-29(32(39)37(33(40)30(23)21-34)19-18-24-10-6-4-7-11-24)20-26-22-38(27-12-8-5-9-13-27)35-31(26)25-14-16-28(17-15-25)43(41,42)36(2)3/h4-17,20,22H,18-19H2,1-3H3/b29-20+. The van der Waals surface area contributed by atoms with Crippen LogP contribution in [-0.2, 0) is 26.0 Å². The quantitative estimate of drug-likeness (QED) is 0.218. The summed E-state index contributed by atoms with van der Waals surface area (Å²) in [6.45, 7) is 1.71. The fraction of sp³-hybridized carbons (Fsp3) is 0.152. The molecular formula is C33H29N5O4S. The number of imide groups is 1. The van der Waals surface area contributed by atoms with Gasteiger partial charge in [-0.3, -0.25) is 14.5 Å². The van der Waals surface area contributed by atoms with E-state index in [4.69, 9.17) is 5.10 Å². The summed E-state index contributed by atoms with van der Waals surface area (Å²) >= 11 is 0. The van der Waals surface area contributed by atoms with Crippen LogP contribution in [-0.4, -0.2) is 59.9 Å². The minimum atomic E-state index is -3.63. The SMILES string of the molecule is CC1=C(C#N)C(=O)N(CCc2ccccc2)C(=O)/C1=C/c1cn(-c2ccccc2)nc1-c1ccc(S(=O)(=O)N(C)C)cc1. The zero-order valence-corrected chi connectivity index (χ0v) is 24.7. The van der Waals surface area contributed by atoms with E-state index in [1.165, 1.54) is 26.2 Å². The number of nitriles is 1. The first-order chi connectivity index (χ1) is 20.6. The predicted molar refractivity (Wildman–Crippen MR) is 163 cm³/mol. The van der Waals surface area contributed by atoms with Gasteiger partial charge < -0.3 is 0 Å². The molecule has 0 radical (unpaired) electrons. The van der Waals surface area contributed by atoms with Crippen molar-refractivity contribution < 1.29 is 18.0 Å². The lowest BCUT2D eigenvalue weighted by atomic mass is 9.93. The van der Waals surface area contributed by atoms with E-state index in [1.807, 2.05) is 66.7 Å². The highest BCUT2D eigenvalue weighted by molar-refractivity contribution is 7.89. The summed E-state index contributed by atoms with van der Waals surface area (Å²) in [4.78, 5) is 28.2. The first-order valence-electron chi connectivity index (χ1n) is 13.5. The van der Waals surface area contributed by atoms with Gasteiger partial charge in [0.05, 0.1) is 16.3 Å². The van der Waals surface area contributed by atoms with E-state index in [1.54, 1.807) is 36.0 Å². The van der Waals surface area contributed by atoms with Crippen LogP contribution in [0.1, 0.15) is 18.1 Å². The second-order valence-corrected chi connectivity index (χ2v) is 12.3. The normalized spacial score (nSPS) is 15.0. The molecule has 216 valence electrons. The van der Waals surface area contributed by atoms with E-state index >= 15 is 0 Å². The highest BCUT2D eigenvalue weighted by Crippen LogP contribution is 2.32. The molecule has 1 aliphatic rings. The summed E-state index contributed by atoms with van der Waals surface area (Å²) in [7, 11) is -0.695. The van der Waals surface area contributed by atoms with Crippen LogP contribution in [0.3, 0.4) is 0 Å². The lowest BCUT2D eigenvalue weighted by molar-refractivity contribution is -0.140. The van der Waals surface area contributed by atoms with Crippen LogP contribution < -0.4 is 0 Å². The molecule has 10 heteroatoms. The Morgan fingerprint density at radius 1 is 0.907 bits per heavy atom. The molecule has 1 aliphatic heterocycles. The number of carbonyl (C=O) groups is 2. The first kappa shape index (κ1) is 29.4. The zero-order chi connectivity index (χ0) is 30.7. The van der Waals surface area contributed by atoms with Crippen molar-refractivity contribution in [2.24, 2.45) is 0 Å². The van der Waals surface area contributed by atoms with Gasteiger partial charge in [0, 0.05) is 43.5 Å². The van der Waals surface area contributed by atoms with Gasteiger partial charge >= 0.3 is 0 Å². The third-order valence-electron chi connectivity index (χ3n) is 7.26. The number of sulfonamides is 1. The third kappa shape index (κ3) is 5.81. The van der Waals surface area contributed by atoms with E-state index in [9.17, 15) is 23.3 Å². The van der Waals surface area contributed by atoms with Crippen LogP contribution in [0, 0.1) is 11.3 Å². The molecule has 4 aromatic rings. The second-order valence-electron chi connectivity index (χ2n) is 10.2. The molecule has 0 unspecified atom stereocenters. The predicted octanol–water partition coefficient (Wildman–Crippen LogP) is 4.62. The minimum Gasteiger partial charge on any atom is -0.273 e. The molecule has 0 fully saturated rings. The number of hydrogen-bond acceptors (Lipinski definition) is 6. The Balaban J connectivity index is 1.61. The van der Waals surface area contributed by atoms with Gasteiger partial charge in [0.1, 0.15) is 11.6 Å². The first-order valence-corrected chi connectivity index (χ1v) is 15.0. The van der Waals surface area contributed by atoms with Crippen molar-refractivity contribution in [1.29, 1.82) is 5.26 Å². The second kappa shape index (κ2) is 12.0. The van der Waals surface area contributed by atoms with Gasteiger partial charge in [-0.1, -0.05) is 60.7 Å². The van der Waals surface area contributed by atoms with Crippen molar-refractivity contribution >= 4 is 27.9 Å². The molecule has 0 saturated carbocycles. The zero-order valence-electron chi connectivity index (χ0n) is 23.9. The van der Waals surface area contributed by atoms with Crippen molar-refractivity contribution in [3.63, 3.8) is 0 Å². The fourth-order valence-electron chi connectivity index (χ4n) is 4.80. The maximum atomic E-state index is 13.8. The van der Waals surface area contributed by atoms with Crippen LogP contribution in [0.4, 0.5) is 0 Å². The van der Waals surface area contributed by atoms with Gasteiger partial charge in [-0.05, 0) is 54.8 Å². The number of aromatic nitrogens is 2. The van der Waals surface area contributed by atoms with Gasteiger partial charge in [-0.15, -0.1) is 0 Å². The Bertz CT molecular complexity index is 1900. The number of para-hydroxylation sites is 1. The third-order valence-corrected chi connectivity index (χ3v) is 9.09. The van der Waals surface area contributed by atoms with Crippen LogP contribution in [0.15, 0.2) is 113 Å². The summed E-state index contributed by atoms with van der Waals surface area (Å²) in [5, 5.41) is 14.6. The van der Waals surface area contributed by atoms with E-state index in [0.29, 0.717) is 28.8 Å². The minimum absolute atomic E-state index is 0.0887. The molecule has 0 atom stereocenters. The van der Waals surface area contributed by atoms with E-state index in [0.717, 1.165) is 20.5 Å². The molecule has 2 amide bonds. The van der Waals surface area contributed by atoms with Crippen molar-refractivity contribution in [1.82, 2.24) is 19.0 Å². The Morgan fingerprint density at radius 2 is 1.53 bits per heavy atom. The number of benzene rings is 3. The average Bonchev–Trinajstić information content (AvgIpc) is 3.44. The smallest absolute Gasteiger partial charge is 0.271 e. The molecule has 0 N–H and O–H groups in total. The Kier molecular flexibility index (Phi) is 8.21. The molecule has 43 heavy (non-hydrogen) atoms. The van der Waals surface area contributed by atoms with Crippen molar-refractivity contribution in [2.45, 2.75) is 18.2 Å².